The smallest absolute Gasteiger partial charge is 0.170 e. The average Bonchev–Trinajstić information content (AvgIpc) is 2.74. The van der Waals surface area contributed by atoms with Crippen molar-refractivity contribution in [3.8, 4) is 0 Å². The second kappa shape index (κ2) is 4.95. The maximum Gasteiger partial charge on any atom is 0.170 e. The second-order valence-corrected chi connectivity index (χ2v) is 5.73. The van der Waals surface area contributed by atoms with Gasteiger partial charge in [0.25, 0.3) is 0 Å². The van der Waals surface area contributed by atoms with Crippen molar-refractivity contribution < 1.29 is 24.4 Å². The van der Waals surface area contributed by atoms with Crippen LogP contribution in [0.3, 0.4) is 0 Å². The SMILES string of the molecule is CCCNCC1OCC(C23O[C@@H](C)C(O)C2C3O)O1. The van der Waals surface area contributed by atoms with Gasteiger partial charge in [0.05, 0.1) is 30.8 Å². The van der Waals surface area contributed by atoms with Crippen molar-refractivity contribution in [2.45, 2.75) is 56.6 Å². The molecule has 19 heavy (non-hydrogen) atoms. The fraction of sp³-hybridized carbons (Fsp3) is 1.00. The zero-order valence-electron chi connectivity index (χ0n) is 11.4. The third-order valence-electron chi connectivity index (χ3n) is 4.44. The molecular weight excluding hydrogens is 250 g/mol. The molecule has 2 saturated heterocycles. The minimum atomic E-state index is -0.752. The maximum absolute atomic E-state index is 10.0. The first-order valence-electron chi connectivity index (χ1n) is 7.13. The molecular formula is C13H23NO5. The minimum Gasteiger partial charge on any atom is -0.390 e. The predicted octanol–water partition coefficient (Wildman–Crippen LogP) is -0.763. The van der Waals surface area contributed by atoms with Crippen molar-refractivity contribution >= 4 is 0 Å². The summed E-state index contributed by atoms with van der Waals surface area (Å²) in [5.41, 5.74) is -0.752. The van der Waals surface area contributed by atoms with E-state index < -0.39 is 17.8 Å². The zero-order valence-corrected chi connectivity index (χ0v) is 11.4. The molecule has 2 heterocycles. The Labute approximate surface area is 113 Å². The van der Waals surface area contributed by atoms with E-state index in [2.05, 4.69) is 12.2 Å². The van der Waals surface area contributed by atoms with Crippen LogP contribution in [0.2, 0.25) is 0 Å². The summed E-state index contributed by atoms with van der Waals surface area (Å²) >= 11 is 0. The van der Waals surface area contributed by atoms with Crippen LogP contribution in [0.5, 0.6) is 0 Å². The topological polar surface area (TPSA) is 80.2 Å². The molecule has 1 saturated carbocycles. The van der Waals surface area contributed by atoms with Crippen LogP contribution in [0.25, 0.3) is 0 Å². The molecule has 3 aliphatic rings. The van der Waals surface area contributed by atoms with Crippen LogP contribution in [0.1, 0.15) is 20.3 Å². The summed E-state index contributed by atoms with van der Waals surface area (Å²) < 4.78 is 17.2. The lowest BCUT2D eigenvalue weighted by Gasteiger charge is -2.23. The molecule has 1 aliphatic carbocycles. The summed E-state index contributed by atoms with van der Waals surface area (Å²) in [6.07, 6.45) is -1.04. The van der Waals surface area contributed by atoms with Crippen molar-refractivity contribution in [3.63, 3.8) is 0 Å². The van der Waals surface area contributed by atoms with E-state index in [1.54, 1.807) is 0 Å². The van der Waals surface area contributed by atoms with Gasteiger partial charge in [-0.2, -0.15) is 0 Å². The molecule has 0 radical (unpaired) electrons. The first-order valence-corrected chi connectivity index (χ1v) is 7.13. The van der Waals surface area contributed by atoms with E-state index in [1.165, 1.54) is 0 Å². The number of rotatable bonds is 5. The zero-order chi connectivity index (χ0) is 13.6. The molecule has 0 bridgehead atoms. The molecule has 3 fully saturated rings. The number of ether oxygens (including phenoxy) is 3. The summed E-state index contributed by atoms with van der Waals surface area (Å²) in [7, 11) is 0. The maximum atomic E-state index is 10.0. The molecule has 0 aromatic rings. The van der Waals surface area contributed by atoms with Gasteiger partial charge < -0.3 is 29.7 Å². The van der Waals surface area contributed by atoms with Crippen LogP contribution >= 0.6 is 0 Å². The summed E-state index contributed by atoms with van der Waals surface area (Å²) in [6.45, 7) is 5.90. The van der Waals surface area contributed by atoms with Gasteiger partial charge in [0.2, 0.25) is 0 Å². The molecule has 0 aromatic heterocycles. The van der Waals surface area contributed by atoms with Crippen LogP contribution in [0.15, 0.2) is 0 Å². The highest BCUT2D eigenvalue weighted by Gasteiger charge is 2.78. The fourth-order valence-electron chi connectivity index (χ4n) is 3.36. The number of nitrogens with one attached hydrogen (secondary N) is 1. The molecule has 0 spiro atoms. The van der Waals surface area contributed by atoms with Crippen molar-refractivity contribution in [2.24, 2.45) is 5.92 Å². The number of hydrogen-bond acceptors (Lipinski definition) is 6. The monoisotopic (exact) mass is 273 g/mol. The van der Waals surface area contributed by atoms with E-state index >= 15 is 0 Å². The Kier molecular flexibility index (Phi) is 3.57. The second-order valence-electron chi connectivity index (χ2n) is 5.73. The van der Waals surface area contributed by atoms with Crippen molar-refractivity contribution in [2.75, 3.05) is 19.7 Å². The van der Waals surface area contributed by atoms with Crippen molar-refractivity contribution in [1.82, 2.24) is 5.32 Å². The summed E-state index contributed by atoms with van der Waals surface area (Å²) in [5, 5.41) is 23.2. The minimum absolute atomic E-state index is 0.238. The van der Waals surface area contributed by atoms with Crippen LogP contribution in [0, 0.1) is 5.92 Å². The van der Waals surface area contributed by atoms with Crippen LogP contribution < -0.4 is 5.32 Å². The van der Waals surface area contributed by atoms with Gasteiger partial charge in [0.15, 0.2) is 6.29 Å². The Morgan fingerprint density at radius 3 is 2.84 bits per heavy atom. The molecule has 6 heteroatoms. The van der Waals surface area contributed by atoms with Gasteiger partial charge in [0, 0.05) is 6.54 Å². The summed E-state index contributed by atoms with van der Waals surface area (Å²) in [5.74, 6) is -0.238. The van der Waals surface area contributed by atoms with E-state index in [1.807, 2.05) is 6.92 Å². The predicted molar refractivity (Wildman–Crippen MR) is 66.6 cm³/mol. The lowest BCUT2D eigenvalue weighted by molar-refractivity contribution is -0.127. The molecule has 2 aliphatic heterocycles. The third-order valence-corrected chi connectivity index (χ3v) is 4.44. The number of aliphatic hydroxyl groups is 2. The van der Waals surface area contributed by atoms with Gasteiger partial charge in [0.1, 0.15) is 11.7 Å². The number of hydrogen-bond donors (Lipinski definition) is 3. The van der Waals surface area contributed by atoms with Crippen LogP contribution in [0.4, 0.5) is 0 Å². The van der Waals surface area contributed by atoms with E-state index in [-0.39, 0.29) is 24.4 Å². The Morgan fingerprint density at radius 1 is 1.37 bits per heavy atom. The highest BCUT2D eigenvalue weighted by atomic mass is 16.7. The Bertz CT molecular complexity index is 341. The normalized spacial score (nSPS) is 52.4. The Hall–Kier alpha value is -0.240. The number of aliphatic hydroxyl groups excluding tert-OH is 2. The average molecular weight is 273 g/mol. The quantitative estimate of drug-likeness (QED) is 0.571. The standard InChI is InChI=1S/C13H23NO5/c1-3-4-14-5-9-17-6-8(18-9)13-10(12(13)16)11(15)7(2)19-13/h7-12,14-16H,3-6H2,1-2H3/t7-,8?,9?,10?,11?,12?,13?/m0/s1. The van der Waals surface area contributed by atoms with E-state index in [0.717, 1.165) is 13.0 Å². The van der Waals surface area contributed by atoms with Crippen molar-refractivity contribution in [3.05, 3.63) is 0 Å². The van der Waals surface area contributed by atoms with Crippen LogP contribution in [-0.2, 0) is 14.2 Å². The Balaban J connectivity index is 1.57. The molecule has 6 nitrogen and oxygen atoms in total. The van der Waals surface area contributed by atoms with Gasteiger partial charge in [-0.3, -0.25) is 0 Å². The highest BCUT2D eigenvalue weighted by Crippen LogP contribution is 2.59. The van der Waals surface area contributed by atoms with Crippen molar-refractivity contribution in [1.29, 1.82) is 0 Å². The van der Waals surface area contributed by atoms with Gasteiger partial charge in [-0.05, 0) is 19.9 Å². The van der Waals surface area contributed by atoms with Crippen LogP contribution in [-0.4, -0.2) is 66.2 Å². The molecule has 0 amide bonds. The van der Waals surface area contributed by atoms with Gasteiger partial charge >= 0.3 is 0 Å². The van der Waals surface area contributed by atoms with E-state index in [4.69, 9.17) is 14.2 Å². The van der Waals surface area contributed by atoms with Gasteiger partial charge in [-0.1, -0.05) is 6.92 Å². The highest BCUT2D eigenvalue weighted by molar-refractivity contribution is 5.26. The fourth-order valence-corrected chi connectivity index (χ4v) is 3.36. The molecule has 3 N–H and O–H groups in total. The van der Waals surface area contributed by atoms with Gasteiger partial charge in [-0.15, -0.1) is 0 Å². The molecule has 7 atom stereocenters. The molecule has 6 unspecified atom stereocenters. The molecule has 110 valence electrons. The van der Waals surface area contributed by atoms with E-state index in [0.29, 0.717) is 13.2 Å². The lowest BCUT2D eigenvalue weighted by atomic mass is 10.1. The van der Waals surface area contributed by atoms with E-state index in [9.17, 15) is 10.2 Å². The first kappa shape index (κ1) is 13.7. The molecule has 0 aromatic carbocycles. The molecule has 3 rings (SSSR count). The largest absolute Gasteiger partial charge is 0.390 e. The lowest BCUT2D eigenvalue weighted by Crippen LogP contribution is -2.38. The Morgan fingerprint density at radius 2 is 2.16 bits per heavy atom. The summed E-state index contributed by atoms with van der Waals surface area (Å²) in [6, 6.07) is 0. The first-order chi connectivity index (χ1) is 9.11. The summed E-state index contributed by atoms with van der Waals surface area (Å²) in [4.78, 5) is 0. The number of fused-ring (bicyclic) bond motifs is 1. The third kappa shape index (κ3) is 2.02. The van der Waals surface area contributed by atoms with Gasteiger partial charge in [-0.25, -0.2) is 0 Å².